The largest absolute Gasteiger partial charge is 0.176 e. The van der Waals surface area contributed by atoms with Gasteiger partial charge in [-0.1, -0.05) is 32.1 Å². The molecule has 0 amide bonds. The molecule has 9 heavy (non-hydrogen) atoms. The van der Waals surface area contributed by atoms with Crippen LogP contribution in [0.4, 0.5) is 0 Å². The summed E-state index contributed by atoms with van der Waals surface area (Å²) in [6.07, 6.45) is 9.86. The summed E-state index contributed by atoms with van der Waals surface area (Å²) in [6.45, 7) is 0. The van der Waals surface area contributed by atoms with E-state index < -0.39 is 0 Å². The molecule has 0 nitrogen and oxygen atoms in total. The summed E-state index contributed by atoms with van der Waals surface area (Å²) in [6, 6.07) is 0. The molecule has 0 N–H and O–H groups in total. The standard InChI is InChI=1S/C8H16S/c9-8-6-4-2-1-3-5-7-8/h8-9H,1-7H2. The van der Waals surface area contributed by atoms with Crippen molar-refractivity contribution in [3.63, 3.8) is 0 Å². The minimum atomic E-state index is 0.713. The van der Waals surface area contributed by atoms with Gasteiger partial charge in [0.05, 0.1) is 0 Å². The summed E-state index contributed by atoms with van der Waals surface area (Å²) in [5, 5.41) is 0.713. The average Bonchev–Trinajstić information content (AvgIpc) is 1.79. The predicted octanol–water partition coefficient (Wildman–Crippen LogP) is 3.03. The van der Waals surface area contributed by atoms with Crippen molar-refractivity contribution in [1.82, 2.24) is 0 Å². The monoisotopic (exact) mass is 144 g/mol. The van der Waals surface area contributed by atoms with E-state index in [1.165, 1.54) is 44.9 Å². The quantitative estimate of drug-likeness (QED) is 0.496. The Morgan fingerprint density at radius 3 is 1.78 bits per heavy atom. The SMILES string of the molecule is SC1CCCCCCC1. The Bertz CT molecular complexity index is 63.0. The van der Waals surface area contributed by atoms with Gasteiger partial charge in [-0.15, -0.1) is 0 Å². The van der Waals surface area contributed by atoms with Gasteiger partial charge < -0.3 is 0 Å². The van der Waals surface area contributed by atoms with Gasteiger partial charge in [0.2, 0.25) is 0 Å². The maximum atomic E-state index is 4.48. The smallest absolute Gasteiger partial charge is 0.00168 e. The Morgan fingerprint density at radius 2 is 1.22 bits per heavy atom. The minimum Gasteiger partial charge on any atom is -0.176 e. The van der Waals surface area contributed by atoms with Crippen LogP contribution in [0.25, 0.3) is 0 Å². The molecule has 0 unspecified atom stereocenters. The lowest BCUT2D eigenvalue weighted by Crippen LogP contribution is -2.01. The maximum Gasteiger partial charge on any atom is 0.00168 e. The molecule has 0 aromatic heterocycles. The van der Waals surface area contributed by atoms with Crippen LogP contribution in [0.5, 0.6) is 0 Å². The van der Waals surface area contributed by atoms with Gasteiger partial charge in [-0.3, -0.25) is 0 Å². The average molecular weight is 144 g/mol. The van der Waals surface area contributed by atoms with Crippen LogP contribution in [-0.4, -0.2) is 5.25 Å². The summed E-state index contributed by atoms with van der Waals surface area (Å²) in [7, 11) is 0. The molecule has 0 saturated heterocycles. The zero-order valence-electron chi connectivity index (χ0n) is 5.97. The number of hydrogen-bond acceptors (Lipinski definition) is 1. The molecular weight excluding hydrogens is 128 g/mol. The fourth-order valence-corrected chi connectivity index (χ4v) is 1.80. The van der Waals surface area contributed by atoms with Gasteiger partial charge in [0.25, 0.3) is 0 Å². The third kappa shape index (κ3) is 3.14. The highest BCUT2D eigenvalue weighted by molar-refractivity contribution is 7.80. The Labute approximate surface area is 63.4 Å². The van der Waals surface area contributed by atoms with Crippen molar-refractivity contribution < 1.29 is 0 Å². The van der Waals surface area contributed by atoms with Crippen molar-refractivity contribution in [2.24, 2.45) is 0 Å². The summed E-state index contributed by atoms with van der Waals surface area (Å²) < 4.78 is 0. The van der Waals surface area contributed by atoms with Gasteiger partial charge in [-0.05, 0) is 12.8 Å². The number of hydrogen-bond donors (Lipinski definition) is 1. The highest BCUT2D eigenvalue weighted by Crippen LogP contribution is 2.20. The van der Waals surface area contributed by atoms with E-state index in [2.05, 4.69) is 12.6 Å². The van der Waals surface area contributed by atoms with E-state index in [4.69, 9.17) is 0 Å². The molecule has 1 saturated carbocycles. The molecule has 0 atom stereocenters. The van der Waals surface area contributed by atoms with Crippen molar-refractivity contribution in [2.45, 2.75) is 50.2 Å². The van der Waals surface area contributed by atoms with Crippen molar-refractivity contribution in [2.75, 3.05) is 0 Å². The van der Waals surface area contributed by atoms with Crippen LogP contribution >= 0.6 is 12.6 Å². The molecule has 0 aliphatic heterocycles. The van der Waals surface area contributed by atoms with Gasteiger partial charge in [0.15, 0.2) is 0 Å². The molecule has 1 heteroatoms. The third-order valence-electron chi connectivity index (χ3n) is 2.07. The molecule has 0 radical (unpaired) electrons. The first-order chi connectivity index (χ1) is 4.39. The summed E-state index contributed by atoms with van der Waals surface area (Å²) in [5.74, 6) is 0. The fourth-order valence-electron chi connectivity index (χ4n) is 1.43. The molecule has 0 spiro atoms. The summed E-state index contributed by atoms with van der Waals surface area (Å²) >= 11 is 4.48. The van der Waals surface area contributed by atoms with Gasteiger partial charge in [-0.25, -0.2) is 0 Å². The van der Waals surface area contributed by atoms with Gasteiger partial charge >= 0.3 is 0 Å². The van der Waals surface area contributed by atoms with Gasteiger partial charge in [0, 0.05) is 5.25 Å². The van der Waals surface area contributed by atoms with E-state index in [0.29, 0.717) is 5.25 Å². The highest BCUT2D eigenvalue weighted by Gasteiger charge is 2.05. The molecular formula is C8H16S. The van der Waals surface area contributed by atoms with Gasteiger partial charge in [-0.2, -0.15) is 12.6 Å². The van der Waals surface area contributed by atoms with Crippen LogP contribution in [0.2, 0.25) is 0 Å². The Kier molecular flexibility index (Phi) is 3.49. The Balaban J connectivity index is 2.12. The lowest BCUT2D eigenvalue weighted by atomic mass is 10.0. The molecule has 1 aliphatic rings. The van der Waals surface area contributed by atoms with Crippen molar-refractivity contribution in [1.29, 1.82) is 0 Å². The second-order valence-corrected chi connectivity index (χ2v) is 3.73. The van der Waals surface area contributed by atoms with E-state index in [0.717, 1.165) is 0 Å². The Hall–Kier alpha value is 0.350. The molecule has 1 aliphatic carbocycles. The molecule has 54 valence electrons. The Morgan fingerprint density at radius 1 is 0.778 bits per heavy atom. The summed E-state index contributed by atoms with van der Waals surface area (Å²) in [5.41, 5.74) is 0. The van der Waals surface area contributed by atoms with Crippen LogP contribution in [0.1, 0.15) is 44.9 Å². The second-order valence-electron chi connectivity index (χ2n) is 3.00. The fraction of sp³-hybridized carbons (Fsp3) is 1.00. The van der Waals surface area contributed by atoms with E-state index in [1.807, 2.05) is 0 Å². The van der Waals surface area contributed by atoms with Gasteiger partial charge in [0.1, 0.15) is 0 Å². The lowest BCUT2D eigenvalue weighted by Gasteiger charge is -2.13. The third-order valence-corrected chi connectivity index (χ3v) is 2.59. The van der Waals surface area contributed by atoms with E-state index >= 15 is 0 Å². The van der Waals surface area contributed by atoms with Crippen LogP contribution < -0.4 is 0 Å². The first-order valence-corrected chi connectivity index (χ1v) is 4.59. The van der Waals surface area contributed by atoms with Crippen LogP contribution in [0, 0.1) is 0 Å². The van der Waals surface area contributed by atoms with E-state index in [-0.39, 0.29) is 0 Å². The molecule has 1 rings (SSSR count). The van der Waals surface area contributed by atoms with Crippen molar-refractivity contribution in [3.05, 3.63) is 0 Å². The van der Waals surface area contributed by atoms with E-state index in [9.17, 15) is 0 Å². The highest BCUT2D eigenvalue weighted by atomic mass is 32.1. The maximum absolute atomic E-state index is 4.48. The molecule has 0 aromatic rings. The molecule has 0 bridgehead atoms. The normalized spacial score (nSPS) is 25.0. The number of thiol groups is 1. The zero-order valence-corrected chi connectivity index (χ0v) is 6.87. The first kappa shape index (κ1) is 7.46. The summed E-state index contributed by atoms with van der Waals surface area (Å²) in [4.78, 5) is 0. The van der Waals surface area contributed by atoms with E-state index in [1.54, 1.807) is 0 Å². The van der Waals surface area contributed by atoms with Crippen molar-refractivity contribution in [3.8, 4) is 0 Å². The minimum absolute atomic E-state index is 0.713. The molecule has 1 fully saturated rings. The second kappa shape index (κ2) is 4.21. The van der Waals surface area contributed by atoms with Crippen molar-refractivity contribution >= 4 is 12.6 Å². The zero-order chi connectivity index (χ0) is 6.53. The first-order valence-electron chi connectivity index (χ1n) is 4.07. The van der Waals surface area contributed by atoms with Crippen LogP contribution in [0.15, 0.2) is 0 Å². The lowest BCUT2D eigenvalue weighted by molar-refractivity contribution is 0.514. The molecule has 0 heterocycles. The topological polar surface area (TPSA) is 0 Å². The van der Waals surface area contributed by atoms with Crippen LogP contribution in [0.3, 0.4) is 0 Å². The number of rotatable bonds is 0. The predicted molar refractivity (Wildman–Crippen MR) is 45.1 cm³/mol. The van der Waals surface area contributed by atoms with Crippen LogP contribution in [-0.2, 0) is 0 Å². The molecule has 0 aromatic carbocycles.